The molecule has 0 atom stereocenters. The maximum absolute atomic E-state index is 13.5. The number of benzene rings is 1. The smallest absolute Gasteiger partial charge is 0.195 e. The van der Waals surface area contributed by atoms with Crippen molar-refractivity contribution < 1.29 is 22.0 Å². The van der Waals surface area contributed by atoms with Crippen LogP contribution in [0, 0.1) is 11.6 Å². The Morgan fingerprint density at radius 1 is 1.04 bits per heavy atom. The predicted octanol–water partition coefficient (Wildman–Crippen LogP) is 4.62. The van der Waals surface area contributed by atoms with Crippen molar-refractivity contribution >= 4 is 27.2 Å². The number of Topliss-reactive ketones (excluding diaryl/α,β-unsaturated/α-hetero) is 1. The van der Waals surface area contributed by atoms with Gasteiger partial charge in [0.2, 0.25) is 0 Å². The highest BCUT2D eigenvalue weighted by Gasteiger charge is 2.16. The first kappa shape index (κ1) is 20.5. The van der Waals surface area contributed by atoms with Gasteiger partial charge in [-0.05, 0) is 43.2 Å². The summed E-state index contributed by atoms with van der Waals surface area (Å²) < 4.78 is 50.8. The number of carbonyl (C=O) groups is 1. The number of rotatable bonds is 9. The van der Waals surface area contributed by atoms with E-state index in [-0.39, 0.29) is 22.8 Å². The maximum Gasteiger partial charge on any atom is 0.195 e. The van der Waals surface area contributed by atoms with Crippen LogP contribution in [0.1, 0.15) is 42.5 Å². The van der Waals surface area contributed by atoms with E-state index in [1.165, 1.54) is 18.3 Å². The summed E-state index contributed by atoms with van der Waals surface area (Å²) in [6.45, 7) is 0. The molecule has 1 aromatic heterocycles. The molecule has 2 aromatic rings. The van der Waals surface area contributed by atoms with Gasteiger partial charge in [-0.25, -0.2) is 22.2 Å². The summed E-state index contributed by atoms with van der Waals surface area (Å²) in [6, 6.07) is 5.62. The van der Waals surface area contributed by atoms with Crippen LogP contribution in [0.5, 0.6) is 0 Å². The molecule has 0 saturated heterocycles. The number of halogens is 3. The van der Waals surface area contributed by atoms with Crippen LogP contribution in [-0.2, 0) is 9.84 Å². The molecule has 4 nitrogen and oxygen atoms in total. The molecule has 140 valence electrons. The number of carbonyl (C=O) groups excluding carboxylic acids is 1. The van der Waals surface area contributed by atoms with Gasteiger partial charge in [0.05, 0.1) is 16.3 Å². The monoisotopic (exact) mass is 401 g/mol. The lowest BCUT2D eigenvalue weighted by atomic mass is 10.0. The Morgan fingerprint density at radius 2 is 1.77 bits per heavy atom. The Labute approximate surface area is 156 Å². The third-order valence-electron chi connectivity index (χ3n) is 3.81. The zero-order chi connectivity index (χ0) is 19.2. The first-order valence-electron chi connectivity index (χ1n) is 8.12. The highest BCUT2D eigenvalue weighted by molar-refractivity contribution is 7.91. The summed E-state index contributed by atoms with van der Waals surface area (Å²) in [5.41, 5.74) is -0.249. The van der Waals surface area contributed by atoms with E-state index < -0.39 is 27.3 Å². The fourth-order valence-electron chi connectivity index (χ4n) is 2.43. The second-order valence-corrected chi connectivity index (χ2v) is 8.34. The first-order chi connectivity index (χ1) is 12.3. The largest absolute Gasteiger partial charge is 0.294 e. The summed E-state index contributed by atoms with van der Waals surface area (Å²) in [7, 11) is -3.46. The van der Waals surface area contributed by atoms with Crippen molar-refractivity contribution in [3.05, 3.63) is 58.7 Å². The van der Waals surface area contributed by atoms with E-state index in [0.717, 1.165) is 18.2 Å². The molecule has 0 bridgehead atoms. The van der Waals surface area contributed by atoms with Crippen LogP contribution in [0.2, 0.25) is 5.02 Å². The number of ketones is 1. The Hall–Kier alpha value is -1.86. The molecular weight excluding hydrogens is 384 g/mol. The normalized spacial score (nSPS) is 11.5. The fourth-order valence-corrected chi connectivity index (χ4v) is 3.82. The van der Waals surface area contributed by atoms with Gasteiger partial charge in [-0.15, -0.1) is 0 Å². The van der Waals surface area contributed by atoms with Crippen LogP contribution >= 0.6 is 11.6 Å². The summed E-state index contributed by atoms with van der Waals surface area (Å²) in [5.74, 6) is -1.90. The van der Waals surface area contributed by atoms with Crippen LogP contribution in [0.4, 0.5) is 8.78 Å². The second-order valence-electron chi connectivity index (χ2n) is 5.85. The lowest BCUT2D eigenvalue weighted by Gasteiger charge is -2.05. The standard InChI is InChI=1S/C18H18ClF2NO3S/c19-13-6-9-18(22-12-13)26(24,25)10-4-2-1-3-5-17(23)15-11-14(20)7-8-16(15)21/h6-9,11-12H,1-5,10H2. The third kappa shape index (κ3) is 5.85. The summed E-state index contributed by atoms with van der Waals surface area (Å²) in [4.78, 5) is 15.7. The van der Waals surface area contributed by atoms with E-state index in [9.17, 15) is 22.0 Å². The molecule has 0 N–H and O–H groups in total. The molecule has 0 radical (unpaired) electrons. The highest BCUT2D eigenvalue weighted by Crippen LogP contribution is 2.16. The van der Waals surface area contributed by atoms with Crippen molar-refractivity contribution in [1.29, 1.82) is 0 Å². The van der Waals surface area contributed by atoms with Crippen molar-refractivity contribution in [1.82, 2.24) is 4.98 Å². The van der Waals surface area contributed by atoms with Crippen LogP contribution in [0.3, 0.4) is 0 Å². The van der Waals surface area contributed by atoms with Gasteiger partial charge in [-0.2, -0.15) is 0 Å². The number of hydrogen-bond donors (Lipinski definition) is 0. The van der Waals surface area contributed by atoms with Crippen molar-refractivity contribution in [2.75, 3.05) is 5.75 Å². The minimum Gasteiger partial charge on any atom is -0.294 e. The molecule has 1 heterocycles. The fraction of sp³-hybridized carbons (Fsp3) is 0.333. The van der Waals surface area contributed by atoms with Gasteiger partial charge >= 0.3 is 0 Å². The van der Waals surface area contributed by atoms with Crippen molar-refractivity contribution in [2.45, 2.75) is 37.1 Å². The van der Waals surface area contributed by atoms with Crippen LogP contribution in [0.25, 0.3) is 0 Å². The second kappa shape index (κ2) is 9.19. The zero-order valence-electron chi connectivity index (χ0n) is 13.9. The SMILES string of the molecule is O=C(CCCCCCS(=O)(=O)c1ccc(Cl)cn1)c1cc(F)ccc1F. The molecule has 0 aliphatic rings. The Kier molecular flexibility index (Phi) is 7.23. The van der Waals surface area contributed by atoms with Crippen molar-refractivity contribution in [3.63, 3.8) is 0 Å². The van der Waals surface area contributed by atoms with E-state index in [0.29, 0.717) is 30.7 Å². The van der Waals surface area contributed by atoms with Crippen LogP contribution < -0.4 is 0 Å². The molecule has 0 aliphatic heterocycles. The topological polar surface area (TPSA) is 64.1 Å². The lowest BCUT2D eigenvalue weighted by Crippen LogP contribution is -2.08. The summed E-state index contributed by atoms with van der Waals surface area (Å²) in [5, 5.41) is 0.349. The van der Waals surface area contributed by atoms with E-state index in [4.69, 9.17) is 11.6 Å². The summed E-state index contributed by atoms with van der Waals surface area (Å²) in [6.07, 6.45) is 3.50. The van der Waals surface area contributed by atoms with Crippen molar-refractivity contribution in [2.24, 2.45) is 0 Å². The van der Waals surface area contributed by atoms with E-state index in [1.54, 1.807) is 0 Å². The van der Waals surface area contributed by atoms with E-state index in [1.807, 2.05) is 0 Å². The van der Waals surface area contributed by atoms with Crippen LogP contribution in [-0.4, -0.2) is 24.9 Å². The van der Waals surface area contributed by atoms with Gasteiger partial charge in [-0.3, -0.25) is 4.79 Å². The average molecular weight is 402 g/mol. The van der Waals surface area contributed by atoms with E-state index in [2.05, 4.69) is 4.98 Å². The molecule has 0 saturated carbocycles. The van der Waals surface area contributed by atoms with Gasteiger partial charge in [-0.1, -0.05) is 24.4 Å². The quantitative estimate of drug-likeness (QED) is 0.454. The van der Waals surface area contributed by atoms with Gasteiger partial charge in [0.25, 0.3) is 0 Å². The number of nitrogens with zero attached hydrogens (tertiary/aromatic N) is 1. The lowest BCUT2D eigenvalue weighted by molar-refractivity contribution is 0.0974. The molecule has 0 aliphatic carbocycles. The number of aromatic nitrogens is 1. The molecule has 26 heavy (non-hydrogen) atoms. The molecule has 1 aromatic carbocycles. The minimum absolute atomic E-state index is 0.0151. The molecule has 0 amide bonds. The Bertz CT molecular complexity index is 871. The maximum atomic E-state index is 13.5. The van der Waals surface area contributed by atoms with Gasteiger partial charge in [0.1, 0.15) is 11.6 Å². The average Bonchev–Trinajstić information content (AvgIpc) is 2.60. The van der Waals surface area contributed by atoms with Crippen molar-refractivity contribution in [3.8, 4) is 0 Å². The Balaban J connectivity index is 1.73. The molecular formula is C18H18ClF2NO3S. The number of pyridine rings is 1. The zero-order valence-corrected chi connectivity index (χ0v) is 15.5. The molecule has 0 unspecified atom stereocenters. The van der Waals surface area contributed by atoms with Gasteiger partial charge in [0, 0.05) is 12.6 Å². The van der Waals surface area contributed by atoms with Crippen LogP contribution in [0.15, 0.2) is 41.6 Å². The summed E-state index contributed by atoms with van der Waals surface area (Å²) >= 11 is 5.68. The number of hydrogen-bond acceptors (Lipinski definition) is 4. The van der Waals surface area contributed by atoms with E-state index >= 15 is 0 Å². The van der Waals surface area contributed by atoms with Gasteiger partial charge < -0.3 is 0 Å². The molecule has 8 heteroatoms. The number of sulfone groups is 1. The minimum atomic E-state index is -3.46. The molecule has 2 rings (SSSR count). The van der Waals surface area contributed by atoms with Gasteiger partial charge in [0.15, 0.2) is 20.6 Å². The molecule has 0 fully saturated rings. The third-order valence-corrected chi connectivity index (χ3v) is 5.74. The Morgan fingerprint density at radius 3 is 2.46 bits per heavy atom. The highest BCUT2D eigenvalue weighted by atomic mass is 35.5. The number of unbranched alkanes of at least 4 members (excludes halogenated alkanes) is 3. The molecule has 0 spiro atoms. The predicted molar refractivity (Wildman–Crippen MR) is 95.1 cm³/mol. The first-order valence-corrected chi connectivity index (χ1v) is 10.2.